The Morgan fingerprint density at radius 2 is 0.977 bits per heavy atom. The minimum atomic E-state index is -1.02. The molecule has 0 atom stereocenters. The number of nitrogens with one attached hydrogen (secondary N) is 2. The van der Waals surface area contributed by atoms with Crippen LogP contribution >= 0.6 is 11.9 Å². The third kappa shape index (κ3) is 27.0. The van der Waals surface area contributed by atoms with Gasteiger partial charge in [-0.25, -0.2) is 0 Å². The van der Waals surface area contributed by atoms with Crippen molar-refractivity contribution < 1.29 is 28.6 Å². The number of carbonyl (C=O) groups is 3. The van der Waals surface area contributed by atoms with Gasteiger partial charge in [-0.2, -0.15) is 0 Å². The number of hydrogen-bond acceptors (Lipinski definition) is 10. The molecule has 10 heteroatoms. The predicted molar refractivity (Wildman–Crippen MR) is 183 cm³/mol. The Morgan fingerprint density at radius 1 is 0.591 bits per heavy atom. The van der Waals surface area contributed by atoms with Gasteiger partial charge < -0.3 is 24.4 Å². The van der Waals surface area contributed by atoms with Crippen LogP contribution in [0.3, 0.4) is 0 Å². The summed E-state index contributed by atoms with van der Waals surface area (Å²) >= 11 is 1.60. The summed E-state index contributed by atoms with van der Waals surface area (Å²) in [6.45, 7) is 8.73. The van der Waals surface area contributed by atoms with Crippen molar-refractivity contribution in [3.8, 4) is 0 Å². The molecule has 0 aliphatic rings. The fourth-order valence-corrected chi connectivity index (χ4v) is 5.13. The summed E-state index contributed by atoms with van der Waals surface area (Å²) < 4.78 is 20.6. The van der Waals surface area contributed by atoms with Crippen molar-refractivity contribution in [2.24, 2.45) is 0 Å². The van der Waals surface area contributed by atoms with Crippen molar-refractivity contribution in [1.82, 2.24) is 14.9 Å². The average molecular weight is 646 g/mol. The van der Waals surface area contributed by atoms with Crippen LogP contribution in [-0.4, -0.2) is 87.6 Å². The fraction of sp³-hybridized carbons (Fsp3) is 0.912. The molecule has 2 N–H and O–H groups in total. The van der Waals surface area contributed by atoms with Gasteiger partial charge in [0.25, 0.3) is 0 Å². The first kappa shape index (κ1) is 42.6. The molecule has 0 aliphatic carbocycles. The lowest BCUT2D eigenvalue weighted by Crippen LogP contribution is -2.58. The van der Waals surface area contributed by atoms with Crippen LogP contribution in [0.1, 0.15) is 136 Å². The van der Waals surface area contributed by atoms with Gasteiger partial charge in [-0.1, -0.05) is 110 Å². The Kier molecular flexibility index (Phi) is 29.4. The Morgan fingerprint density at radius 3 is 1.34 bits per heavy atom. The molecule has 0 radical (unpaired) electrons. The number of rotatable bonds is 32. The van der Waals surface area contributed by atoms with Crippen LogP contribution in [0.5, 0.6) is 0 Å². The van der Waals surface area contributed by atoms with Gasteiger partial charge >= 0.3 is 17.9 Å². The molecule has 0 rings (SSSR count). The molecule has 0 saturated heterocycles. The van der Waals surface area contributed by atoms with Crippen LogP contribution in [0.25, 0.3) is 0 Å². The Bertz CT molecular complexity index is 636. The molecule has 0 aromatic heterocycles. The van der Waals surface area contributed by atoms with E-state index in [0.717, 1.165) is 115 Å². The van der Waals surface area contributed by atoms with Crippen molar-refractivity contribution in [3.63, 3.8) is 0 Å². The van der Waals surface area contributed by atoms with Gasteiger partial charge in [0.1, 0.15) is 25.4 Å². The van der Waals surface area contributed by atoms with E-state index < -0.39 is 5.54 Å². The second-order valence-electron chi connectivity index (χ2n) is 12.2. The number of nitrogens with zero attached hydrogens (tertiary/aromatic N) is 1. The zero-order chi connectivity index (χ0) is 32.7. The maximum absolute atomic E-state index is 12.7. The van der Waals surface area contributed by atoms with Gasteiger partial charge in [-0.05, 0) is 33.4 Å². The summed E-state index contributed by atoms with van der Waals surface area (Å²) in [5, 5.41) is 3.45. The minimum Gasteiger partial charge on any atom is -0.463 e. The Balaban J connectivity index is 5.33. The van der Waals surface area contributed by atoms with Crippen molar-refractivity contribution in [2.75, 3.05) is 59.3 Å². The van der Waals surface area contributed by atoms with Crippen LogP contribution in [0.4, 0.5) is 0 Å². The van der Waals surface area contributed by atoms with Gasteiger partial charge in [-0.3, -0.25) is 19.1 Å². The first-order chi connectivity index (χ1) is 21.3. The maximum atomic E-state index is 12.7. The highest BCUT2D eigenvalue weighted by molar-refractivity contribution is 7.97. The van der Waals surface area contributed by atoms with Crippen molar-refractivity contribution in [3.05, 3.63) is 0 Å². The van der Waals surface area contributed by atoms with Gasteiger partial charge in [0.15, 0.2) is 0 Å². The van der Waals surface area contributed by atoms with Crippen LogP contribution in [0.2, 0.25) is 0 Å². The number of ether oxygens (including phenoxy) is 3. The third-order valence-electron chi connectivity index (χ3n) is 7.45. The lowest BCUT2D eigenvalue weighted by atomic mass is 10.0. The molecule has 0 amide bonds. The van der Waals surface area contributed by atoms with Crippen molar-refractivity contribution in [2.45, 2.75) is 142 Å². The van der Waals surface area contributed by atoms with E-state index in [9.17, 15) is 14.4 Å². The molecule has 0 fully saturated rings. The topological polar surface area (TPSA) is 106 Å². The molecule has 0 heterocycles. The SMILES string of the molecule is CCCCCCCC(=O)OCC(COC(=O)CCCCCCC)(COC(=O)CCCCCCC)NCCSNCCN(C)C. The summed E-state index contributed by atoms with van der Waals surface area (Å²) in [6, 6.07) is 0. The van der Waals surface area contributed by atoms with Crippen LogP contribution < -0.4 is 10.0 Å². The van der Waals surface area contributed by atoms with E-state index in [4.69, 9.17) is 14.2 Å². The molecule has 0 aromatic rings. The Hall–Kier alpha value is -1.36. The lowest BCUT2D eigenvalue weighted by Gasteiger charge is -2.33. The molecule has 9 nitrogen and oxygen atoms in total. The maximum Gasteiger partial charge on any atom is 0.305 e. The quantitative estimate of drug-likeness (QED) is 0.0350. The number of unbranched alkanes of at least 4 members (excludes halogenated alkanes) is 12. The summed E-state index contributed by atoms with van der Waals surface area (Å²) in [7, 11) is 4.07. The summed E-state index contributed by atoms with van der Waals surface area (Å²) in [6.07, 6.45) is 16.7. The first-order valence-electron chi connectivity index (χ1n) is 17.5. The summed E-state index contributed by atoms with van der Waals surface area (Å²) in [5.41, 5.74) is -1.02. The number of esters is 3. The van der Waals surface area contributed by atoms with Gasteiger partial charge in [0, 0.05) is 44.6 Å². The highest BCUT2D eigenvalue weighted by atomic mass is 32.2. The third-order valence-corrected chi connectivity index (χ3v) is 8.27. The molecule has 0 unspecified atom stereocenters. The highest BCUT2D eigenvalue weighted by Gasteiger charge is 2.35. The van der Waals surface area contributed by atoms with Crippen LogP contribution in [0, 0.1) is 0 Å². The van der Waals surface area contributed by atoms with E-state index in [1.165, 1.54) is 0 Å². The molecule has 0 saturated carbocycles. The smallest absolute Gasteiger partial charge is 0.305 e. The zero-order valence-electron chi connectivity index (χ0n) is 29.0. The van der Waals surface area contributed by atoms with E-state index in [-0.39, 0.29) is 37.7 Å². The normalized spacial score (nSPS) is 11.6. The first-order valence-corrected chi connectivity index (χ1v) is 18.5. The predicted octanol–water partition coefficient (Wildman–Crippen LogP) is 6.83. The van der Waals surface area contributed by atoms with Gasteiger partial charge in [0.2, 0.25) is 0 Å². The lowest BCUT2D eigenvalue weighted by molar-refractivity contribution is -0.157. The number of likely N-dealkylation sites (N-methyl/N-ethyl adjacent to an activating group) is 1. The van der Waals surface area contributed by atoms with E-state index in [2.05, 4.69) is 35.7 Å². The van der Waals surface area contributed by atoms with Gasteiger partial charge in [-0.15, -0.1) is 0 Å². The van der Waals surface area contributed by atoms with E-state index >= 15 is 0 Å². The highest BCUT2D eigenvalue weighted by Crippen LogP contribution is 2.15. The number of carbonyl (C=O) groups excluding carboxylic acids is 3. The molecular weight excluding hydrogens is 578 g/mol. The molecule has 260 valence electrons. The van der Waals surface area contributed by atoms with Crippen molar-refractivity contribution >= 4 is 29.9 Å². The van der Waals surface area contributed by atoms with E-state index in [1.807, 2.05) is 14.1 Å². The second kappa shape index (κ2) is 30.3. The van der Waals surface area contributed by atoms with Crippen molar-refractivity contribution in [1.29, 1.82) is 0 Å². The standard InChI is InChI=1S/C34H67N3O6S/c1-6-9-12-15-18-21-31(38)41-28-34(35-25-27-44-36-24-26-37(4)5,29-42-32(39)22-19-16-13-10-7-2)30-43-33(40)23-20-17-14-11-8-3/h35-36H,6-30H2,1-5H3. The molecule has 0 spiro atoms. The van der Waals surface area contributed by atoms with Crippen LogP contribution in [0.15, 0.2) is 0 Å². The zero-order valence-corrected chi connectivity index (χ0v) is 29.8. The molecular formula is C34H67N3O6S. The average Bonchev–Trinajstić information content (AvgIpc) is 3.00. The van der Waals surface area contributed by atoms with E-state index in [1.54, 1.807) is 11.9 Å². The molecule has 0 aromatic carbocycles. The number of hydrogen-bond donors (Lipinski definition) is 2. The molecule has 0 aliphatic heterocycles. The van der Waals surface area contributed by atoms with Crippen LogP contribution in [-0.2, 0) is 28.6 Å². The second-order valence-corrected chi connectivity index (χ2v) is 13.2. The molecule has 0 bridgehead atoms. The van der Waals surface area contributed by atoms with E-state index in [0.29, 0.717) is 25.8 Å². The fourth-order valence-electron chi connectivity index (χ4n) is 4.55. The van der Waals surface area contributed by atoms with Gasteiger partial charge in [0.05, 0.1) is 0 Å². The largest absolute Gasteiger partial charge is 0.463 e. The summed E-state index contributed by atoms with van der Waals surface area (Å²) in [5.74, 6) is -0.109. The summed E-state index contributed by atoms with van der Waals surface area (Å²) in [4.78, 5) is 40.1. The Labute approximate surface area is 274 Å². The monoisotopic (exact) mass is 645 g/mol. The minimum absolute atomic E-state index is 0.0346. The molecule has 44 heavy (non-hydrogen) atoms.